The number of ether oxygens (including phenoxy) is 2. The van der Waals surface area contributed by atoms with Crippen LogP contribution in [0.25, 0.3) is 0 Å². The minimum Gasteiger partial charge on any atom is -0.454 e. The molecule has 0 saturated heterocycles. The van der Waals surface area contributed by atoms with Gasteiger partial charge in [0.2, 0.25) is 6.79 Å². The van der Waals surface area contributed by atoms with Crippen molar-refractivity contribution in [3.8, 4) is 11.5 Å². The van der Waals surface area contributed by atoms with E-state index in [1.807, 2.05) is 24.3 Å². The van der Waals surface area contributed by atoms with E-state index in [4.69, 9.17) is 9.47 Å². The Hall–Kier alpha value is -2.07. The van der Waals surface area contributed by atoms with Crippen LogP contribution < -0.4 is 14.8 Å². The van der Waals surface area contributed by atoms with Crippen molar-refractivity contribution in [2.24, 2.45) is 0 Å². The van der Waals surface area contributed by atoms with E-state index in [-0.39, 0.29) is 5.82 Å². The zero-order valence-corrected chi connectivity index (χ0v) is 11.1. The van der Waals surface area contributed by atoms with Gasteiger partial charge in [-0.25, -0.2) is 4.39 Å². The van der Waals surface area contributed by atoms with Gasteiger partial charge in [-0.15, -0.1) is 0 Å². The predicted octanol–water partition coefficient (Wildman–Crippen LogP) is 2.89. The van der Waals surface area contributed by atoms with Crippen LogP contribution >= 0.6 is 0 Å². The van der Waals surface area contributed by atoms with Crippen molar-refractivity contribution in [1.29, 1.82) is 0 Å². The Kier molecular flexibility index (Phi) is 3.83. The Morgan fingerprint density at radius 3 is 2.80 bits per heavy atom. The summed E-state index contributed by atoms with van der Waals surface area (Å²) in [4.78, 5) is 0. The Morgan fingerprint density at radius 1 is 1.00 bits per heavy atom. The van der Waals surface area contributed by atoms with Gasteiger partial charge in [-0.3, -0.25) is 0 Å². The van der Waals surface area contributed by atoms with Gasteiger partial charge in [0.15, 0.2) is 11.5 Å². The van der Waals surface area contributed by atoms with Crippen molar-refractivity contribution in [3.63, 3.8) is 0 Å². The van der Waals surface area contributed by atoms with Crippen molar-refractivity contribution >= 4 is 0 Å². The normalized spacial score (nSPS) is 12.7. The third kappa shape index (κ3) is 3.08. The highest BCUT2D eigenvalue weighted by molar-refractivity contribution is 5.44. The summed E-state index contributed by atoms with van der Waals surface area (Å²) < 4.78 is 23.6. The molecule has 0 spiro atoms. The van der Waals surface area contributed by atoms with E-state index in [9.17, 15) is 4.39 Å². The van der Waals surface area contributed by atoms with Gasteiger partial charge in [0, 0.05) is 6.54 Å². The molecule has 1 N–H and O–H groups in total. The summed E-state index contributed by atoms with van der Waals surface area (Å²) in [5.74, 6) is 1.43. The number of rotatable bonds is 5. The molecule has 1 heterocycles. The van der Waals surface area contributed by atoms with Crippen molar-refractivity contribution in [2.75, 3.05) is 13.3 Å². The lowest BCUT2D eigenvalue weighted by Crippen LogP contribution is -2.16. The molecular formula is C16H16FNO2. The molecule has 3 rings (SSSR count). The molecule has 0 bridgehead atoms. The number of fused-ring (bicyclic) bond motifs is 1. The van der Waals surface area contributed by atoms with E-state index in [0.29, 0.717) is 13.3 Å². The average molecular weight is 273 g/mol. The predicted molar refractivity (Wildman–Crippen MR) is 74.4 cm³/mol. The summed E-state index contributed by atoms with van der Waals surface area (Å²) in [7, 11) is 0. The third-order valence-electron chi connectivity index (χ3n) is 3.25. The van der Waals surface area contributed by atoms with Crippen LogP contribution in [0.15, 0.2) is 42.5 Å². The van der Waals surface area contributed by atoms with Crippen LogP contribution in [-0.2, 0) is 13.0 Å². The molecule has 0 radical (unpaired) electrons. The molecule has 0 saturated carbocycles. The molecule has 2 aromatic carbocycles. The Labute approximate surface area is 117 Å². The van der Waals surface area contributed by atoms with Crippen molar-refractivity contribution in [1.82, 2.24) is 5.32 Å². The van der Waals surface area contributed by atoms with Crippen molar-refractivity contribution in [3.05, 3.63) is 59.4 Å². The Bertz CT molecular complexity index is 601. The van der Waals surface area contributed by atoms with Gasteiger partial charge in [-0.05, 0) is 48.4 Å². The van der Waals surface area contributed by atoms with Crippen LogP contribution in [0.3, 0.4) is 0 Å². The first-order valence-electron chi connectivity index (χ1n) is 6.65. The largest absolute Gasteiger partial charge is 0.454 e. The molecule has 0 unspecified atom stereocenters. The Balaban J connectivity index is 1.48. The SMILES string of the molecule is Fc1cccc(CNCCc2ccc3c(c2)OCO3)c1. The molecule has 104 valence electrons. The number of benzene rings is 2. The van der Waals surface area contributed by atoms with Gasteiger partial charge in [-0.2, -0.15) is 0 Å². The monoisotopic (exact) mass is 273 g/mol. The van der Waals surface area contributed by atoms with E-state index in [1.165, 1.54) is 11.6 Å². The van der Waals surface area contributed by atoms with Gasteiger partial charge >= 0.3 is 0 Å². The van der Waals surface area contributed by atoms with Gasteiger partial charge in [-0.1, -0.05) is 18.2 Å². The molecule has 0 atom stereocenters. The minimum atomic E-state index is -0.194. The highest BCUT2D eigenvalue weighted by Crippen LogP contribution is 2.32. The molecule has 0 aromatic heterocycles. The standard InChI is InChI=1S/C16H16FNO2/c17-14-3-1-2-13(8-14)10-18-7-6-12-4-5-15-16(9-12)20-11-19-15/h1-5,8-9,18H,6-7,10-11H2. The molecule has 0 fully saturated rings. The lowest BCUT2D eigenvalue weighted by molar-refractivity contribution is 0.174. The molecular weight excluding hydrogens is 257 g/mol. The quantitative estimate of drug-likeness (QED) is 0.850. The number of nitrogens with one attached hydrogen (secondary N) is 1. The molecule has 0 aliphatic carbocycles. The fraction of sp³-hybridized carbons (Fsp3) is 0.250. The van der Waals surface area contributed by atoms with E-state index < -0.39 is 0 Å². The van der Waals surface area contributed by atoms with E-state index in [2.05, 4.69) is 5.32 Å². The fourth-order valence-corrected chi connectivity index (χ4v) is 2.21. The summed E-state index contributed by atoms with van der Waals surface area (Å²) in [5, 5.41) is 3.31. The minimum absolute atomic E-state index is 0.194. The van der Waals surface area contributed by atoms with E-state index in [1.54, 1.807) is 12.1 Å². The number of halogens is 1. The maximum absolute atomic E-state index is 13.0. The molecule has 20 heavy (non-hydrogen) atoms. The van der Waals surface area contributed by atoms with E-state index in [0.717, 1.165) is 30.0 Å². The molecule has 1 aliphatic rings. The molecule has 1 aliphatic heterocycles. The average Bonchev–Trinajstić information content (AvgIpc) is 2.91. The van der Waals surface area contributed by atoms with E-state index >= 15 is 0 Å². The van der Waals surface area contributed by atoms with Crippen LogP contribution in [0.4, 0.5) is 4.39 Å². The summed E-state index contributed by atoms with van der Waals surface area (Å²) in [6.45, 7) is 1.80. The third-order valence-corrected chi connectivity index (χ3v) is 3.25. The molecule has 4 heteroatoms. The maximum Gasteiger partial charge on any atom is 0.231 e. The second-order valence-electron chi connectivity index (χ2n) is 4.74. The highest BCUT2D eigenvalue weighted by Gasteiger charge is 2.12. The zero-order valence-electron chi connectivity index (χ0n) is 11.1. The van der Waals surface area contributed by atoms with Crippen molar-refractivity contribution in [2.45, 2.75) is 13.0 Å². The number of hydrogen-bond acceptors (Lipinski definition) is 3. The molecule has 0 amide bonds. The fourth-order valence-electron chi connectivity index (χ4n) is 2.21. The van der Waals surface area contributed by atoms with Crippen LogP contribution in [0.1, 0.15) is 11.1 Å². The summed E-state index contributed by atoms with van der Waals surface area (Å²) in [5.41, 5.74) is 2.15. The lowest BCUT2D eigenvalue weighted by atomic mass is 10.1. The second kappa shape index (κ2) is 5.92. The molecule has 2 aromatic rings. The van der Waals surface area contributed by atoms with Gasteiger partial charge in [0.05, 0.1) is 0 Å². The lowest BCUT2D eigenvalue weighted by Gasteiger charge is -2.06. The summed E-state index contributed by atoms with van der Waals surface area (Å²) >= 11 is 0. The maximum atomic E-state index is 13.0. The second-order valence-corrected chi connectivity index (χ2v) is 4.74. The Morgan fingerprint density at radius 2 is 1.90 bits per heavy atom. The first-order chi connectivity index (χ1) is 9.81. The first-order valence-corrected chi connectivity index (χ1v) is 6.65. The van der Waals surface area contributed by atoms with Crippen LogP contribution in [0, 0.1) is 5.82 Å². The van der Waals surface area contributed by atoms with Gasteiger partial charge in [0.25, 0.3) is 0 Å². The highest BCUT2D eigenvalue weighted by atomic mass is 19.1. The zero-order chi connectivity index (χ0) is 13.8. The van der Waals surface area contributed by atoms with Crippen molar-refractivity contribution < 1.29 is 13.9 Å². The summed E-state index contributed by atoms with van der Waals surface area (Å²) in [6, 6.07) is 12.6. The van der Waals surface area contributed by atoms with Crippen LogP contribution in [0.5, 0.6) is 11.5 Å². The van der Waals surface area contributed by atoms with Crippen LogP contribution in [0.2, 0.25) is 0 Å². The molecule has 3 nitrogen and oxygen atoms in total. The van der Waals surface area contributed by atoms with Gasteiger partial charge < -0.3 is 14.8 Å². The van der Waals surface area contributed by atoms with Crippen LogP contribution in [-0.4, -0.2) is 13.3 Å². The smallest absolute Gasteiger partial charge is 0.231 e. The summed E-state index contributed by atoms with van der Waals surface area (Å²) in [6.07, 6.45) is 0.895. The number of hydrogen-bond donors (Lipinski definition) is 1. The topological polar surface area (TPSA) is 30.5 Å². The first kappa shape index (κ1) is 12.9. The van der Waals surface area contributed by atoms with Gasteiger partial charge in [0.1, 0.15) is 5.82 Å².